The summed E-state index contributed by atoms with van der Waals surface area (Å²) in [7, 11) is 1.68. The highest BCUT2D eigenvalue weighted by atomic mass is 32.2. The minimum absolute atomic E-state index is 0.0354. The molecule has 26 heavy (non-hydrogen) atoms. The van der Waals surface area contributed by atoms with Crippen LogP contribution in [-0.4, -0.2) is 29.0 Å². The van der Waals surface area contributed by atoms with Gasteiger partial charge in [-0.1, -0.05) is 49.9 Å². The van der Waals surface area contributed by atoms with Crippen molar-refractivity contribution in [2.24, 2.45) is 0 Å². The monoisotopic (exact) mass is 368 g/mol. The summed E-state index contributed by atoms with van der Waals surface area (Å²) < 4.78 is 6.86. The first-order chi connectivity index (χ1) is 12.7. The maximum Gasteiger partial charge on any atom is 0.266 e. The molecule has 0 N–H and O–H groups in total. The zero-order chi connectivity index (χ0) is 18.5. The van der Waals surface area contributed by atoms with E-state index in [4.69, 9.17) is 9.72 Å². The Kier molecular flexibility index (Phi) is 6.12. The molecule has 1 heterocycles. The number of thioether (sulfide) groups is 1. The van der Waals surface area contributed by atoms with Gasteiger partial charge in [0.05, 0.1) is 23.2 Å². The van der Waals surface area contributed by atoms with Crippen LogP contribution in [0.15, 0.2) is 58.5 Å². The molecule has 0 aliphatic rings. The number of hydrogen-bond donors (Lipinski definition) is 0. The summed E-state index contributed by atoms with van der Waals surface area (Å²) in [6.07, 6.45) is 1.09. The number of rotatable bonds is 7. The molecule has 3 aromatic rings. The van der Waals surface area contributed by atoms with Gasteiger partial charge in [0.15, 0.2) is 5.16 Å². The van der Waals surface area contributed by atoms with Crippen molar-refractivity contribution in [1.29, 1.82) is 0 Å². The number of nitrogens with zero attached hydrogens (tertiary/aromatic N) is 2. The van der Waals surface area contributed by atoms with Crippen molar-refractivity contribution in [3.8, 4) is 5.69 Å². The van der Waals surface area contributed by atoms with Crippen molar-refractivity contribution in [1.82, 2.24) is 9.55 Å². The standard InChI is InChI=1S/C21H24N2O2S/c1-4-15(2)16-9-11-17(12-10-16)23-20(24)18-7-5-6-8-19(18)22-21(23)26-14-13-25-3/h5-12,15H,4,13-14H2,1-3H3. The van der Waals surface area contributed by atoms with Crippen LogP contribution >= 0.6 is 11.8 Å². The van der Waals surface area contributed by atoms with Gasteiger partial charge < -0.3 is 4.74 Å². The Morgan fingerprint density at radius 3 is 2.58 bits per heavy atom. The van der Waals surface area contributed by atoms with E-state index in [2.05, 4.69) is 26.0 Å². The number of fused-ring (bicyclic) bond motifs is 1. The van der Waals surface area contributed by atoms with Crippen molar-refractivity contribution < 1.29 is 4.74 Å². The van der Waals surface area contributed by atoms with Crippen molar-refractivity contribution in [2.75, 3.05) is 19.5 Å². The van der Waals surface area contributed by atoms with Gasteiger partial charge in [0.1, 0.15) is 0 Å². The Morgan fingerprint density at radius 1 is 1.15 bits per heavy atom. The van der Waals surface area contributed by atoms with E-state index in [1.807, 2.05) is 36.4 Å². The highest BCUT2D eigenvalue weighted by molar-refractivity contribution is 7.99. The Bertz CT molecular complexity index is 935. The van der Waals surface area contributed by atoms with E-state index in [1.165, 1.54) is 17.3 Å². The molecule has 0 saturated heterocycles. The molecular weight excluding hydrogens is 344 g/mol. The number of para-hydroxylation sites is 1. The van der Waals surface area contributed by atoms with Crippen molar-refractivity contribution in [2.45, 2.75) is 31.3 Å². The van der Waals surface area contributed by atoms with Gasteiger partial charge in [-0.15, -0.1) is 0 Å². The molecule has 0 saturated carbocycles. The summed E-state index contributed by atoms with van der Waals surface area (Å²) in [5, 5.41) is 1.33. The van der Waals surface area contributed by atoms with Gasteiger partial charge in [-0.25, -0.2) is 4.98 Å². The molecule has 4 nitrogen and oxygen atoms in total. The molecule has 1 aromatic heterocycles. The fraction of sp³-hybridized carbons (Fsp3) is 0.333. The Balaban J connectivity index is 2.11. The van der Waals surface area contributed by atoms with E-state index in [-0.39, 0.29) is 5.56 Å². The second kappa shape index (κ2) is 8.52. The van der Waals surface area contributed by atoms with Crippen LogP contribution in [0.2, 0.25) is 0 Å². The predicted octanol–water partition coefficient (Wildman–Crippen LogP) is 4.64. The summed E-state index contributed by atoms with van der Waals surface area (Å²) in [5.41, 5.74) is 2.82. The maximum absolute atomic E-state index is 13.1. The minimum Gasteiger partial charge on any atom is -0.384 e. The molecule has 3 rings (SSSR count). The summed E-state index contributed by atoms with van der Waals surface area (Å²) in [6.45, 7) is 5.01. The van der Waals surface area contributed by atoms with E-state index in [9.17, 15) is 4.79 Å². The normalized spacial score (nSPS) is 12.4. The highest BCUT2D eigenvalue weighted by Gasteiger charge is 2.13. The molecule has 0 fully saturated rings. The second-order valence-corrected chi connectivity index (χ2v) is 7.36. The number of aromatic nitrogens is 2. The Morgan fingerprint density at radius 2 is 1.88 bits per heavy atom. The fourth-order valence-corrected chi connectivity index (χ4v) is 3.75. The molecule has 0 aliphatic carbocycles. The zero-order valence-corrected chi connectivity index (χ0v) is 16.3. The lowest BCUT2D eigenvalue weighted by Gasteiger charge is -2.15. The van der Waals surface area contributed by atoms with Crippen LogP contribution in [0.5, 0.6) is 0 Å². The minimum atomic E-state index is -0.0354. The smallest absolute Gasteiger partial charge is 0.266 e. The molecular formula is C21H24N2O2S. The fourth-order valence-electron chi connectivity index (χ4n) is 2.84. The quantitative estimate of drug-likeness (QED) is 0.346. The predicted molar refractivity (Wildman–Crippen MR) is 109 cm³/mol. The lowest BCUT2D eigenvalue weighted by Crippen LogP contribution is -2.22. The molecule has 0 aliphatic heterocycles. The third-order valence-corrected chi connectivity index (χ3v) is 5.50. The number of hydrogen-bond acceptors (Lipinski definition) is 4. The molecule has 0 radical (unpaired) electrons. The lowest BCUT2D eigenvalue weighted by atomic mass is 9.98. The molecule has 0 spiro atoms. The van der Waals surface area contributed by atoms with E-state index in [1.54, 1.807) is 11.7 Å². The summed E-state index contributed by atoms with van der Waals surface area (Å²) in [5.74, 6) is 1.25. The molecule has 5 heteroatoms. The number of benzene rings is 2. The molecule has 1 unspecified atom stereocenters. The van der Waals surface area contributed by atoms with Gasteiger partial charge in [0, 0.05) is 12.9 Å². The van der Waals surface area contributed by atoms with Gasteiger partial charge in [0.2, 0.25) is 0 Å². The third-order valence-electron chi connectivity index (χ3n) is 4.60. The largest absolute Gasteiger partial charge is 0.384 e. The third kappa shape index (κ3) is 3.84. The van der Waals surface area contributed by atoms with E-state index in [0.29, 0.717) is 23.1 Å². The van der Waals surface area contributed by atoms with Crippen LogP contribution in [-0.2, 0) is 4.74 Å². The maximum atomic E-state index is 13.1. The van der Waals surface area contributed by atoms with Crippen LogP contribution in [0.1, 0.15) is 31.7 Å². The zero-order valence-electron chi connectivity index (χ0n) is 15.4. The average Bonchev–Trinajstić information content (AvgIpc) is 2.68. The van der Waals surface area contributed by atoms with Crippen LogP contribution in [0.25, 0.3) is 16.6 Å². The SMILES string of the molecule is CCC(C)c1ccc(-n2c(SCCOC)nc3ccccc3c2=O)cc1. The Hall–Kier alpha value is -2.11. The number of methoxy groups -OCH3 is 1. The van der Waals surface area contributed by atoms with Crippen molar-refractivity contribution in [3.05, 3.63) is 64.4 Å². The van der Waals surface area contributed by atoms with Gasteiger partial charge in [-0.2, -0.15) is 0 Å². The lowest BCUT2D eigenvalue weighted by molar-refractivity contribution is 0.218. The van der Waals surface area contributed by atoms with E-state index in [0.717, 1.165) is 23.4 Å². The van der Waals surface area contributed by atoms with E-state index >= 15 is 0 Å². The first kappa shape index (κ1) is 18.7. The van der Waals surface area contributed by atoms with Crippen LogP contribution in [0.3, 0.4) is 0 Å². The highest BCUT2D eigenvalue weighted by Crippen LogP contribution is 2.24. The van der Waals surface area contributed by atoms with Crippen molar-refractivity contribution >= 4 is 22.7 Å². The molecule has 136 valence electrons. The van der Waals surface area contributed by atoms with Gasteiger partial charge in [0.25, 0.3) is 5.56 Å². The molecule has 1 atom stereocenters. The Labute approximate surface area is 158 Å². The van der Waals surface area contributed by atoms with Gasteiger partial charge in [-0.3, -0.25) is 9.36 Å². The van der Waals surface area contributed by atoms with Gasteiger partial charge in [-0.05, 0) is 42.2 Å². The molecule has 0 amide bonds. The first-order valence-corrected chi connectivity index (χ1v) is 9.88. The van der Waals surface area contributed by atoms with Crippen LogP contribution < -0.4 is 5.56 Å². The average molecular weight is 369 g/mol. The summed E-state index contributed by atoms with van der Waals surface area (Å²) >= 11 is 1.54. The molecule has 2 aromatic carbocycles. The van der Waals surface area contributed by atoms with Crippen LogP contribution in [0.4, 0.5) is 0 Å². The second-order valence-electron chi connectivity index (χ2n) is 6.29. The molecule has 0 bridgehead atoms. The van der Waals surface area contributed by atoms with Gasteiger partial charge >= 0.3 is 0 Å². The first-order valence-electron chi connectivity index (χ1n) is 8.89. The topological polar surface area (TPSA) is 44.1 Å². The summed E-state index contributed by atoms with van der Waals surface area (Å²) in [4.78, 5) is 17.9. The number of ether oxygens (including phenoxy) is 1. The van der Waals surface area contributed by atoms with Crippen molar-refractivity contribution in [3.63, 3.8) is 0 Å². The summed E-state index contributed by atoms with van der Waals surface area (Å²) in [6, 6.07) is 15.7. The van der Waals surface area contributed by atoms with E-state index < -0.39 is 0 Å². The van der Waals surface area contributed by atoms with Crippen LogP contribution in [0, 0.1) is 0 Å².